The molecule has 5 rings (SSSR count). The van der Waals surface area contributed by atoms with Gasteiger partial charge < -0.3 is 28.7 Å². The molecule has 0 bridgehead atoms. The Bertz CT molecular complexity index is 1550. The second kappa shape index (κ2) is 11.8. The third-order valence-electron chi connectivity index (χ3n) is 6.80. The minimum absolute atomic E-state index is 0.0823. The second-order valence-electron chi connectivity index (χ2n) is 9.52. The SMILES string of the molecule is COC(=O)c1ccc(OC(F)(C(=O)COc2cc(OC)c3nc(Nc4ccccc4C)oc3c2)N2CCCC2)cc1. The minimum atomic E-state index is -2.77. The predicted molar refractivity (Wildman–Crippen MR) is 149 cm³/mol. The van der Waals surface area contributed by atoms with E-state index in [0.717, 1.165) is 24.1 Å². The molecule has 1 aromatic heterocycles. The number of nitrogens with zero attached hydrogens (tertiary/aromatic N) is 2. The molecule has 10 nitrogen and oxygen atoms in total. The van der Waals surface area contributed by atoms with Crippen molar-refractivity contribution >= 4 is 34.6 Å². The van der Waals surface area contributed by atoms with Crippen LogP contribution in [0.5, 0.6) is 17.2 Å². The first kappa shape index (κ1) is 27.9. The Morgan fingerprint density at radius 2 is 1.78 bits per heavy atom. The third kappa shape index (κ3) is 5.94. The van der Waals surface area contributed by atoms with Crippen molar-refractivity contribution in [3.8, 4) is 17.2 Å². The molecule has 41 heavy (non-hydrogen) atoms. The summed E-state index contributed by atoms with van der Waals surface area (Å²) >= 11 is 0. The molecule has 1 N–H and O–H groups in total. The molecule has 214 valence electrons. The molecule has 1 atom stereocenters. The number of esters is 1. The number of alkyl halides is 1. The van der Waals surface area contributed by atoms with Crippen LogP contribution < -0.4 is 19.5 Å². The number of likely N-dealkylation sites (tertiary alicyclic amines) is 1. The van der Waals surface area contributed by atoms with E-state index in [0.29, 0.717) is 29.9 Å². The maximum Gasteiger partial charge on any atom is 0.375 e. The molecule has 1 unspecified atom stereocenters. The van der Waals surface area contributed by atoms with E-state index in [1.807, 2.05) is 31.2 Å². The van der Waals surface area contributed by atoms with E-state index in [2.05, 4.69) is 10.3 Å². The summed E-state index contributed by atoms with van der Waals surface area (Å²) < 4.78 is 43.7. The number of aromatic nitrogens is 1. The lowest BCUT2D eigenvalue weighted by molar-refractivity contribution is -0.193. The standard InChI is InChI=1S/C30H30FN3O7/c1-19-8-4-5-9-23(19)32-29-33-27-24(37-2)16-22(17-25(27)40-29)39-18-26(35)30(31,34-14-6-7-15-34)41-21-12-10-20(11-13-21)28(36)38-3/h4-5,8-13,16-17H,6-7,14-15,18H2,1-3H3,(H,32,33). The quantitative estimate of drug-likeness (QED) is 0.187. The number of nitrogens with one attached hydrogen (secondary N) is 1. The van der Waals surface area contributed by atoms with Gasteiger partial charge in [-0.25, -0.2) is 9.69 Å². The molecular weight excluding hydrogens is 533 g/mol. The van der Waals surface area contributed by atoms with Gasteiger partial charge in [0.1, 0.15) is 11.5 Å². The zero-order valence-corrected chi connectivity index (χ0v) is 22.9. The number of para-hydroxylation sites is 1. The van der Waals surface area contributed by atoms with Crippen molar-refractivity contribution in [2.45, 2.75) is 25.7 Å². The predicted octanol–water partition coefficient (Wildman–Crippen LogP) is 5.42. The monoisotopic (exact) mass is 563 g/mol. The normalized spacial score (nSPS) is 14.8. The molecule has 0 aliphatic carbocycles. The van der Waals surface area contributed by atoms with Gasteiger partial charge in [0.05, 0.1) is 19.8 Å². The van der Waals surface area contributed by atoms with Crippen molar-refractivity contribution in [1.29, 1.82) is 0 Å². The van der Waals surface area contributed by atoms with Crippen LogP contribution in [0.2, 0.25) is 0 Å². The molecular formula is C30H30FN3O7. The second-order valence-corrected chi connectivity index (χ2v) is 9.52. The fourth-order valence-corrected chi connectivity index (χ4v) is 4.57. The molecule has 1 saturated heterocycles. The Kier molecular flexibility index (Phi) is 8.06. The van der Waals surface area contributed by atoms with Gasteiger partial charge in [-0.3, -0.25) is 4.79 Å². The summed E-state index contributed by atoms with van der Waals surface area (Å²) in [4.78, 5) is 30.8. The maximum atomic E-state index is 16.4. The smallest absolute Gasteiger partial charge is 0.375 e. The van der Waals surface area contributed by atoms with Crippen molar-refractivity contribution in [2.24, 2.45) is 0 Å². The maximum absolute atomic E-state index is 16.4. The van der Waals surface area contributed by atoms with Crippen LogP contribution in [0, 0.1) is 6.92 Å². The third-order valence-corrected chi connectivity index (χ3v) is 6.80. The molecule has 0 saturated carbocycles. The van der Waals surface area contributed by atoms with Gasteiger partial charge in [0.15, 0.2) is 23.5 Å². The number of aryl methyl sites for hydroxylation is 1. The average molecular weight is 564 g/mol. The van der Waals surface area contributed by atoms with E-state index in [9.17, 15) is 9.59 Å². The number of hydrogen-bond donors (Lipinski definition) is 1. The number of benzene rings is 3. The van der Waals surface area contributed by atoms with E-state index in [-0.39, 0.29) is 23.1 Å². The molecule has 4 aromatic rings. The highest BCUT2D eigenvalue weighted by Gasteiger charge is 2.48. The molecule has 0 radical (unpaired) electrons. The van der Waals surface area contributed by atoms with Crippen LogP contribution in [-0.2, 0) is 9.53 Å². The lowest BCUT2D eigenvalue weighted by atomic mass is 10.2. The first-order valence-electron chi connectivity index (χ1n) is 13.1. The van der Waals surface area contributed by atoms with E-state index < -0.39 is 24.3 Å². The number of fused-ring (bicyclic) bond motifs is 1. The summed E-state index contributed by atoms with van der Waals surface area (Å²) in [6.45, 7) is 2.03. The number of methoxy groups -OCH3 is 2. The highest BCUT2D eigenvalue weighted by molar-refractivity contribution is 5.90. The lowest BCUT2D eigenvalue weighted by Gasteiger charge is -2.32. The fraction of sp³-hybridized carbons (Fsp3) is 0.300. The largest absolute Gasteiger partial charge is 0.494 e. The molecule has 0 spiro atoms. The zero-order chi connectivity index (χ0) is 29.0. The van der Waals surface area contributed by atoms with Gasteiger partial charge in [0.2, 0.25) is 0 Å². The molecule has 2 heterocycles. The van der Waals surface area contributed by atoms with Gasteiger partial charge >= 0.3 is 11.9 Å². The van der Waals surface area contributed by atoms with Crippen LogP contribution in [0.1, 0.15) is 28.8 Å². The molecule has 1 aliphatic heterocycles. The highest BCUT2D eigenvalue weighted by atomic mass is 19.2. The summed E-state index contributed by atoms with van der Waals surface area (Å²) in [7, 11) is 2.74. The number of hydrogen-bond acceptors (Lipinski definition) is 10. The van der Waals surface area contributed by atoms with Crippen LogP contribution in [0.25, 0.3) is 11.1 Å². The van der Waals surface area contributed by atoms with Crippen LogP contribution in [0.15, 0.2) is 65.1 Å². The van der Waals surface area contributed by atoms with Crippen molar-refractivity contribution in [1.82, 2.24) is 9.88 Å². The number of ether oxygens (including phenoxy) is 4. The summed E-state index contributed by atoms with van der Waals surface area (Å²) in [6, 6.07) is 16.8. The number of anilines is 2. The Labute approximate surface area is 236 Å². The van der Waals surface area contributed by atoms with Crippen molar-refractivity contribution in [3.05, 3.63) is 71.8 Å². The van der Waals surface area contributed by atoms with E-state index >= 15 is 4.39 Å². The minimum Gasteiger partial charge on any atom is -0.494 e. The molecule has 11 heteroatoms. The van der Waals surface area contributed by atoms with Crippen LogP contribution >= 0.6 is 0 Å². The van der Waals surface area contributed by atoms with Crippen LogP contribution in [0.3, 0.4) is 0 Å². The van der Waals surface area contributed by atoms with Gasteiger partial charge in [-0.05, 0) is 55.7 Å². The zero-order valence-electron chi connectivity index (χ0n) is 22.9. The van der Waals surface area contributed by atoms with Gasteiger partial charge in [-0.1, -0.05) is 18.2 Å². The van der Waals surface area contributed by atoms with Gasteiger partial charge in [-0.15, -0.1) is 0 Å². The Balaban J connectivity index is 1.34. The lowest BCUT2D eigenvalue weighted by Crippen LogP contribution is -2.56. The summed E-state index contributed by atoms with van der Waals surface area (Å²) in [5.74, 6) is -3.56. The first-order valence-corrected chi connectivity index (χ1v) is 13.1. The van der Waals surface area contributed by atoms with E-state index in [1.54, 1.807) is 12.1 Å². The molecule has 3 aromatic carbocycles. The van der Waals surface area contributed by atoms with Crippen molar-refractivity contribution in [3.63, 3.8) is 0 Å². The molecule has 1 aliphatic rings. The fourth-order valence-electron chi connectivity index (χ4n) is 4.57. The first-order chi connectivity index (χ1) is 19.8. The Morgan fingerprint density at radius 3 is 2.46 bits per heavy atom. The van der Waals surface area contributed by atoms with E-state index in [1.165, 1.54) is 43.4 Å². The van der Waals surface area contributed by atoms with Crippen molar-refractivity contribution < 1.29 is 37.3 Å². The van der Waals surface area contributed by atoms with Crippen LogP contribution in [-0.4, -0.2) is 61.5 Å². The summed E-state index contributed by atoms with van der Waals surface area (Å²) in [5.41, 5.74) is 2.93. The number of Topliss-reactive ketones (excluding diaryl/α,β-unsaturated/α-hetero) is 1. The molecule has 1 fully saturated rings. The van der Waals surface area contributed by atoms with Gasteiger partial charge in [-0.2, -0.15) is 9.37 Å². The summed E-state index contributed by atoms with van der Waals surface area (Å²) in [5, 5.41) is 3.14. The number of oxazole rings is 1. The number of ketones is 1. The number of carbonyl (C=O) groups is 2. The highest BCUT2D eigenvalue weighted by Crippen LogP contribution is 2.35. The average Bonchev–Trinajstić information content (AvgIpc) is 3.67. The molecule has 0 amide bonds. The summed E-state index contributed by atoms with van der Waals surface area (Å²) in [6.07, 6.45) is 1.45. The Hall–Kier alpha value is -4.64. The topological polar surface area (TPSA) is 112 Å². The number of carbonyl (C=O) groups excluding carboxylic acids is 2. The number of halogens is 1. The number of rotatable bonds is 11. The van der Waals surface area contributed by atoms with E-state index in [4.69, 9.17) is 23.4 Å². The van der Waals surface area contributed by atoms with Gasteiger partial charge in [0, 0.05) is 30.9 Å². The Morgan fingerprint density at radius 1 is 1.05 bits per heavy atom. The van der Waals surface area contributed by atoms with Gasteiger partial charge in [0.25, 0.3) is 11.8 Å². The van der Waals surface area contributed by atoms with Crippen molar-refractivity contribution in [2.75, 3.05) is 39.2 Å². The van der Waals surface area contributed by atoms with Crippen LogP contribution in [0.4, 0.5) is 16.1 Å².